The number of ether oxygens (including phenoxy) is 2. The van der Waals surface area contributed by atoms with Crippen molar-refractivity contribution in [1.29, 1.82) is 0 Å². The third-order valence-electron chi connectivity index (χ3n) is 1.49. The first kappa shape index (κ1) is 12.8. The molecule has 0 aliphatic heterocycles. The number of esters is 1. The van der Waals surface area contributed by atoms with Gasteiger partial charge in [-0.25, -0.2) is 9.78 Å². The zero-order valence-corrected chi connectivity index (χ0v) is 10.2. The van der Waals surface area contributed by atoms with E-state index in [4.69, 9.17) is 21.1 Å². The van der Waals surface area contributed by atoms with Gasteiger partial charge in [-0.05, 0) is 32.9 Å². The molecule has 0 saturated carbocycles. The summed E-state index contributed by atoms with van der Waals surface area (Å²) >= 11 is 5.75. The average Bonchev–Trinajstić information content (AvgIpc) is 2.14. The number of halogens is 1. The summed E-state index contributed by atoms with van der Waals surface area (Å²) in [7, 11) is 0. The van der Waals surface area contributed by atoms with Gasteiger partial charge >= 0.3 is 5.97 Å². The zero-order valence-electron chi connectivity index (χ0n) is 9.49. The summed E-state index contributed by atoms with van der Waals surface area (Å²) in [6.45, 7) is 5.20. The number of hydrogen-bond acceptors (Lipinski definition) is 4. The van der Waals surface area contributed by atoms with Crippen molar-refractivity contribution in [2.24, 2.45) is 0 Å². The predicted octanol–water partition coefficient (Wildman–Crippen LogP) is 2.46. The van der Waals surface area contributed by atoms with Crippen LogP contribution >= 0.6 is 11.6 Å². The molecule has 4 nitrogen and oxygen atoms in total. The third-order valence-corrected chi connectivity index (χ3v) is 1.77. The Bertz CT molecular complexity index is 374. The largest absolute Gasteiger partial charge is 0.479 e. The maximum atomic E-state index is 11.3. The summed E-state index contributed by atoms with van der Waals surface area (Å²) in [5, 5.41) is 0.228. The van der Waals surface area contributed by atoms with Gasteiger partial charge in [-0.3, -0.25) is 0 Å². The van der Waals surface area contributed by atoms with Crippen LogP contribution in [0.15, 0.2) is 18.3 Å². The smallest absolute Gasteiger partial charge is 0.344 e. The van der Waals surface area contributed by atoms with Crippen molar-refractivity contribution >= 4 is 17.6 Å². The van der Waals surface area contributed by atoms with Crippen molar-refractivity contribution in [1.82, 2.24) is 4.98 Å². The van der Waals surface area contributed by atoms with Crippen LogP contribution in [0.1, 0.15) is 20.8 Å². The quantitative estimate of drug-likeness (QED) is 0.604. The molecule has 0 amide bonds. The van der Waals surface area contributed by atoms with Crippen LogP contribution in [0.25, 0.3) is 0 Å². The van der Waals surface area contributed by atoms with E-state index in [9.17, 15) is 4.79 Å². The van der Waals surface area contributed by atoms with Gasteiger partial charge in [0, 0.05) is 6.20 Å². The average molecular weight is 244 g/mol. The molecule has 88 valence electrons. The molecule has 16 heavy (non-hydrogen) atoms. The Morgan fingerprint density at radius 2 is 2.19 bits per heavy atom. The summed E-state index contributed by atoms with van der Waals surface area (Å²) in [5.41, 5.74) is -0.515. The fourth-order valence-corrected chi connectivity index (χ4v) is 1.16. The molecule has 0 N–H and O–H groups in total. The van der Waals surface area contributed by atoms with E-state index in [-0.39, 0.29) is 11.8 Å². The lowest BCUT2D eigenvalue weighted by molar-refractivity contribution is -0.157. The Morgan fingerprint density at radius 3 is 2.75 bits per heavy atom. The number of hydrogen-bond donors (Lipinski definition) is 0. The first-order valence-electron chi connectivity index (χ1n) is 4.83. The molecular weight excluding hydrogens is 230 g/mol. The standard InChI is InChI=1S/C11H14ClNO3/c1-11(2,3)16-9(14)7-15-8-5-4-6-13-10(8)12/h4-6H,7H2,1-3H3. The number of aromatic nitrogens is 1. The second-order valence-corrected chi connectivity index (χ2v) is 4.53. The number of carbonyl (C=O) groups is 1. The fraction of sp³-hybridized carbons (Fsp3) is 0.455. The first-order valence-corrected chi connectivity index (χ1v) is 5.21. The topological polar surface area (TPSA) is 48.4 Å². The van der Waals surface area contributed by atoms with Crippen molar-refractivity contribution in [3.8, 4) is 5.75 Å². The second kappa shape index (κ2) is 5.16. The first-order chi connectivity index (χ1) is 7.38. The predicted molar refractivity (Wildman–Crippen MR) is 60.6 cm³/mol. The van der Waals surface area contributed by atoms with Crippen molar-refractivity contribution in [3.63, 3.8) is 0 Å². The van der Waals surface area contributed by atoms with Gasteiger partial charge in [-0.2, -0.15) is 0 Å². The van der Waals surface area contributed by atoms with E-state index in [1.165, 1.54) is 0 Å². The molecule has 0 atom stereocenters. The lowest BCUT2D eigenvalue weighted by Crippen LogP contribution is -2.27. The van der Waals surface area contributed by atoms with Crippen LogP contribution in [0.2, 0.25) is 5.15 Å². The Hall–Kier alpha value is -1.29. The minimum Gasteiger partial charge on any atom is -0.479 e. The highest BCUT2D eigenvalue weighted by atomic mass is 35.5. The van der Waals surface area contributed by atoms with Crippen LogP contribution < -0.4 is 4.74 Å². The maximum absolute atomic E-state index is 11.3. The van der Waals surface area contributed by atoms with E-state index in [1.54, 1.807) is 39.1 Å². The molecule has 0 bridgehead atoms. The van der Waals surface area contributed by atoms with Gasteiger partial charge in [0.2, 0.25) is 0 Å². The summed E-state index contributed by atoms with van der Waals surface area (Å²) in [6, 6.07) is 3.32. The van der Waals surface area contributed by atoms with Gasteiger partial charge in [0.15, 0.2) is 17.5 Å². The van der Waals surface area contributed by atoms with Crippen LogP contribution in [0.5, 0.6) is 5.75 Å². The van der Waals surface area contributed by atoms with E-state index < -0.39 is 11.6 Å². The maximum Gasteiger partial charge on any atom is 0.344 e. The zero-order chi connectivity index (χ0) is 12.2. The van der Waals surface area contributed by atoms with E-state index in [0.717, 1.165) is 0 Å². The summed E-state index contributed by atoms with van der Waals surface area (Å²) in [6.07, 6.45) is 1.54. The molecule has 0 radical (unpaired) electrons. The van der Waals surface area contributed by atoms with Gasteiger partial charge < -0.3 is 9.47 Å². The molecule has 1 heterocycles. The monoisotopic (exact) mass is 243 g/mol. The van der Waals surface area contributed by atoms with Gasteiger partial charge in [-0.1, -0.05) is 11.6 Å². The summed E-state index contributed by atoms with van der Waals surface area (Å²) < 4.78 is 10.2. The van der Waals surface area contributed by atoms with Crippen LogP contribution in [-0.2, 0) is 9.53 Å². The minimum absolute atomic E-state index is 0.178. The number of rotatable bonds is 3. The molecule has 0 aliphatic carbocycles. The van der Waals surface area contributed by atoms with Gasteiger partial charge in [0.25, 0.3) is 0 Å². The molecule has 0 aromatic carbocycles. The lowest BCUT2D eigenvalue weighted by Gasteiger charge is -2.19. The highest BCUT2D eigenvalue weighted by Gasteiger charge is 2.16. The molecular formula is C11H14ClNO3. The van der Waals surface area contributed by atoms with Crippen LogP contribution in [0, 0.1) is 0 Å². The van der Waals surface area contributed by atoms with Crippen molar-refractivity contribution < 1.29 is 14.3 Å². The Labute approximate surface area is 99.5 Å². The molecule has 1 rings (SSSR count). The van der Waals surface area contributed by atoms with Crippen molar-refractivity contribution in [2.75, 3.05) is 6.61 Å². The molecule has 0 fully saturated rings. The fourth-order valence-electron chi connectivity index (χ4n) is 0.987. The minimum atomic E-state index is -0.515. The van der Waals surface area contributed by atoms with E-state index >= 15 is 0 Å². The van der Waals surface area contributed by atoms with Gasteiger partial charge in [0.1, 0.15) is 5.60 Å². The van der Waals surface area contributed by atoms with Crippen LogP contribution in [0.4, 0.5) is 0 Å². The molecule has 5 heteroatoms. The van der Waals surface area contributed by atoms with Gasteiger partial charge in [-0.15, -0.1) is 0 Å². The number of pyridine rings is 1. The molecule has 0 unspecified atom stereocenters. The van der Waals surface area contributed by atoms with Crippen molar-refractivity contribution in [2.45, 2.75) is 26.4 Å². The second-order valence-electron chi connectivity index (χ2n) is 4.17. The van der Waals surface area contributed by atoms with Gasteiger partial charge in [0.05, 0.1) is 0 Å². The molecule has 1 aromatic rings. The van der Waals surface area contributed by atoms with Crippen LogP contribution in [0.3, 0.4) is 0 Å². The van der Waals surface area contributed by atoms with E-state index in [0.29, 0.717) is 5.75 Å². The summed E-state index contributed by atoms with van der Waals surface area (Å²) in [5.74, 6) is -0.0672. The molecule has 1 aromatic heterocycles. The highest BCUT2D eigenvalue weighted by Crippen LogP contribution is 2.20. The highest BCUT2D eigenvalue weighted by molar-refractivity contribution is 6.30. The van der Waals surface area contributed by atoms with Crippen LogP contribution in [-0.4, -0.2) is 23.2 Å². The normalized spacial score (nSPS) is 11.0. The molecule has 0 aliphatic rings. The third kappa shape index (κ3) is 4.49. The van der Waals surface area contributed by atoms with E-state index in [2.05, 4.69) is 4.98 Å². The van der Waals surface area contributed by atoms with E-state index in [1.807, 2.05) is 0 Å². The lowest BCUT2D eigenvalue weighted by atomic mass is 10.2. The molecule has 0 spiro atoms. The number of carbonyl (C=O) groups excluding carboxylic acids is 1. The van der Waals surface area contributed by atoms with Crippen molar-refractivity contribution in [3.05, 3.63) is 23.5 Å². The number of nitrogens with zero attached hydrogens (tertiary/aromatic N) is 1. The SMILES string of the molecule is CC(C)(C)OC(=O)COc1cccnc1Cl. The summed E-state index contributed by atoms with van der Waals surface area (Å²) in [4.78, 5) is 15.2. The Kier molecular flexibility index (Phi) is 4.12. The molecule has 0 saturated heterocycles. The Balaban J connectivity index is 2.47. The Morgan fingerprint density at radius 1 is 1.50 bits per heavy atom.